The van der Waals surface area contributed by atoms with E-state index >= 15 is 0 Å². The fraction of sp³-hybridized carbons (Fsp3) is 0.364. The third kappa shape index (κ3) is 1.85. The van der Waals surface area contributed by atoms with Gasteiger partial charge >= 0.3 is 0 Å². The van der Waals surface area contributed by atoms with E-state index in [1.165, 1.54) is 26.0 Å². The highest BCUT2D eigenvalue weighted by Crippen LogP contribution is 2.36. The number of carbonyl (C=O) groups is 1. The van der Waals surface area contributed by atoms with Gasteiger partial charge in [0.1, 0.15) is 5.82 Å². The molecule has 1 aliphatic rings. The number of benzene rings is 1. The Morgan fingerprint density at radius 3 is 2.44 bits per heavy atom. The Morgan fingerprint density at radius 1 is 1.33 bits per heavy atom. The van der Waals surface area contributed by atoms with Crippen LogP contribution in [0.3, 0.4) is 0 Å². The molecule has 18 heavy (non-hydrogen) atoms. The first-order valence-corrected chi connectivity index (χ1v) is 7.41. The molecule has 0 bridgehead atoms. The summed E-state index contributed by atoms with van der Waals surface area (Å²) in [6.45, 7) is 2.59. The van der Waals surface area contributed by atoms with Gasteiger partial charge in [0.2, 0.25) is 0 Å². The molecular formula is C11H11BrFNO3S. The molecule has 0 spiro atoms. The third-order valence-corrected chi connectivity index (χ3v) is 5.72. The lowest BCUT2D eigenvalue weighted by Gasteiger charge is -2.43. The van der Waals surface area contributed by atoms with Crippen LogP contribution >= 0.6 is 15.9 Å². The van der Waals surface area contributed by atoms with E-state index in [-0.39, 0.29) is 6.54 Å². The van der Waals surface area contributed by atoms with Gasteiger partial charge in [-0.15, -0.1) is 0 Å². The van der Waals surface area contributed by atoms with E-state index < -0.39 is 26.5 Å². The molecule has 0 unspecified atom stereocenters. The molecule has 1 aromatic rings. The highest BCUT2D eigenvalue weighted by Gasteiger charge is 2.59. The van der Waals surface area contributed by atoms with Crippen molar-refractivity contribution in [2.45, 2.75) is 25.1 Å². The Balaban J connectivity index is 2.29. The zero-order valence-corrected chi connectivity index (χ0v) is 12.2. The monoisotopic (exact) mass is 335 g/mol. The smallest absolute Gasteiger partial charge is 0.259 e. The van der Waals surface area contributed by atoms with Crippen LogP contribution in [0.2, 0.25) is 0 Å². The Morgan fingerprint density at radius 2 is 1.94 bits per heavy atom. The minimum atomic E-state index is -3.63. The van der Waals surface area contributed by atoms with E-state index in [2.05, 4.69) is 15.9 Å². The first-order valence-electron chi connectivity index (χ1n) is 5.18. The van der Waals surface area contributed by atoms with Gasteiger partial charge in [0.25, 0.3) is 15.9 Å². The molecule has 7 heteroatoms. The fourth-order valence-corrected chi connectivity index (χ4v) is 3.81. The van der Waals surface area contributed by atoms with E-state index in [4.69, 9.17) is 0 Å². The van der Waals surface area contributed by atoms with E-state index in [0.29, 0.717) is 10.0 Å². The van der Waals surface area contributed by atoms with Gasteiger partial charge in [0.15, 0.2) is 4.75 Å². The number of nitrogens with zero attached hydrogens (tertiary/aromatic N) is 1. The second-order valence-electron chi connectivity index (χ2n) is 4.60. The minimum Gasteiger partial charge on any atom is -0.272 e. The highest BCUT2D eigenvalue weighted by atomic mass is 79.9. The lowest BCUT2D eigenvalue weighted by Crippen LogP contribution is -2.66. The molecule has 0 aliphatic carbocycles. The lowest BCUT2D eigenvalue weighted by molar-refractivity contribution is -0.132. The first-order chi connectivity index (χ1) is 8.16. The van der Waals surface area contributed by atoms with Crippen molar-refractivity contribution in [3.05, 3.63) is 34.1 Å². The summed E-state index contributed by atoms with van der Waals surface area (Å²) in [5.41, 5.74) is 0.425. The summed E-state index contributed by atoms with van der Waals surface area (Å²) in [5.74, 6) is -0.952. The summed E-state index contributed by atoms with van der Waals surface area (Å²) < 4.78 is 36.8. The van der Waals surface area contributed by atoms with Gasteiger partial charge in [-0.3, -0.25) is 4.79 Å². The Hall–Kier alpha value is -0.950. The Bertz CT molecular complexity index is 607. The third-order valence-electron chi connectivity index (χ3n) is 2.93. The van der Waals surface area contributed by atoms with Gasteiger partial charge in [-0.05, 0) is 37.6 Å². The molecule has 1 amide bonds. The second kappa shape index (κ2) is 4.03. The quantitative estimate of drug-likeness (QED) is 0.831. The molecule has 1 heterocycles. The summed E-state index contributed by atoms with van der Waals surface area (Å²) >= 11 is 3.12. The fourth-order valence-electron chi connectivity index (χ4n) is 1.78. The van der Waals surface area contributed by atoms with Gasteiger partial charge < -0.3 is 0 Å². The van der Waals surface area contributed by atoms with Crippen molar-refractivity contribution < 1.29 is 17.6 Å². The predicted octanol–water partition coefficient (Wildman–Crippen LogP) is 2.04. The molecule has 1 aliphatic heterocycles. The number of hydrogen-bond acceptors (Lipinski definition) is 3. The van der Waals surface area contributed by atoms with Crippen LogP contribution in [0.15, 0.2) is 22.7 Å². The van der Waals surface area contributed by atoms with Crippen LogP contribution in [-0.2, 0) is 21.4 Å². The molecule has 4 nitrogen and oxygen atoms in total. The molecule has 1 aromatic carbocycles. The van der Waals surface area contributed by atoms with E-state index in [1.54, 1.807) is 6.07 Å². The van der Waals surface area contributed by atoms with Crippen LogP contribution in [0, 0.1) is 5.82 Å². The number of rotatable bonds is 2. The number of carbonyl (C=O) groups excluding carboxylic acids is 1. The average Bonchev–Trinajstić information content (AvgIpc) is 2.23. The molecule has 0 saturated carbocycles. The normalized spacial score (nSPS) is 20.7. The zero-order chi connectivity index (χ0) is 13.7. The number of sulfonamides is 1. The zero-order valence-electron chi connectivity index (χ0n) is 9.78. The lowest BCUT2D eigenvalue weighted by atomic mass is 10.1. The largest absolute Gasteiger partial charge is 0.272 e. The molecule has 1 fully saturated rings. The summed E-state index contributed by atoms with van der Waals surface area (Å²) in [6, 6.07) is 4.05. The highest BCUT2D eigenvalue weighted by molar-refractivity contribution is 9.10. The van der Waals surface area contributed by atoms with Gasteiger partial charge in [-0.2, -0.15) is 0 Å². The SMILES string of the molecule is CC1(C)C(=O)N(Cc2cc(F)cc(Br)c2)S1(=O)=O. The Kier molecular flexibility index (Phi) is 3.02. The van der Waals surface area contributed by atoms with Crippen molar-refractivity contribution >= 4 is 31.9 Å². The maximum atomic E-state index is 13.2. The van der Waals surface area contributed by atoms with Crippen LogP contribution in [0.1, 0.15) is 19.4 Å². The van der Waals surface area contributed by atoms with Gasteiger partial charge in [-0.1, -0.05) is 15.9 Å². The van der Waals surface area contributed by atoms with Gasteiger partial charge in [-0.25, -0.2) is 17.1 Å². The first kappa shape index (κ1) is 13.5. The van der Waals surface area contributed by atoms with Crippen LogP contribution < -0.4 is 0 Å². The van der Waals surface area contributed by atoms with Crippen molar-refractivity contribution in [2.75, 3.05) is 0 Å². The van der Waals surface area contributed by atoms with Crippen molar-refractivity contribution in [1.29, 1.82) is 0 Å². The molecule has 0 N–H and O–H groups in total. The van der Waals surface area contributed by atoms with E-state index in [0.717, 1.165) is 4.31 Å². The van der Waals surface area contributed by atoms with Crippen LogP contribution in [-0.4, -0.2) is 23.4 Å². The number of amides is 1. The van der Waals surface area contributed by atoms with Gasteiger partial charge in [0, 0.05) is 4.47 Å². The second-order valence-corrected chi connectivity index (χ2v) is 7.93. The van der Waals surface area contributed by atoms with Crippen molar-refractivity contribution in [3.63, 3.8) is 0 Å². The van der Waals surface area contributed by atoms with Crippen LogP contribution in [0.5, 0.6) is 0 Å². The minimum absolute atomic E-state index is 0.138. The van der Waals surface area contributed by atoms with Crippen molar-refractivity contribution in [2.24, 2.45) is 0 Å². The molecule has 1 saturated heterocycles. The maximum Gasteiger partial charge on any atom is 0.259 e. The Labute approximate surface area is 113 Å². The standard InChI is InChI=1S/C11H11BrFNO3S/c1-11(2)10(15)14(18(11,16)17)6-7-3-8(12)5-9(13)4-7/h3-5H,6H2,1-2H3. The number of hydrogen-bond donors (Lipinski definition) is 0. The number of halogens is 2. The summed E-state index contributed by atoms with van der Waals surface area (Å²) in [4.78, 5) is 11.7. The van der Waals surface area contributed by atoms with Crippen LogP contribution in [0.25, 0.3) is 0 Å². The summed E-state index contributed by atoms with van der Waals surface area (Å²) in [7, 11) is -3.63. The molecule has 0 atom stereocenters. The average molecular weight is 336 g/mol. The van der Waals surface area contributed by atoms with Crippen molar-refractivity contribution in [3.8, 4) is 0 Å². The van der Waals surface area contributed by atoms with Crippen LogP contribution in [0.4, 0.5) is 4.39 Å². The predicted molar refractivity (Wildman–Crippen MR) is 67.6 cm³/mol. The van der Waals surface area contributed by atoms with Crippen molar-refractivity contribution in [1.82, 2.24) is 4.31 Å². The topological polar surface area (TPSA) is 54.5 Å². The maximum absolute atomic E-state index is 13.2. The van der Waals surface area contributed by atoms with E-state index in [1.807, 2.05) is 0 Å². The molecule has 98 valence electrons. The molecular weight excluding hydrogens is 325 g/mol. The molecule has 2 rings (SSSR count). The van der Waals surface area contributed by atoms with E-state index in [9.17, 15) is 17.6 Å². The van der Waals surface area contributed by atoms with Gasteiger partial charge in [0.05, 0.1) is 6.54 Å². The summed E-state index contributed by atoms with van der Waals surface area (Å²) in [5, 5.41) is 0. The molecule has 0 aromatic heterocycles. The summed E-state index contributed by atoms with van der Waals surface area (Å²) in [6.07, 6.45) is 0. The molecule has 0 radical (unpaired) electrons.